The van der Waals surface area contributed by atoms with E-state index in [1.165, 1.54) is 32.2 Å². The van der Waals surface area contributed by atoms with E-state index in [0.717, 1.165) is 18.9 Å². The summed E-state index contributed by atoms with van der Waals surface area (Å²) in [7, 11) is 0. The molecule has 0 saturated carbocycles. The van der Waals surface area contributed by atoms with E-state index in [-0.39, 0.29) is 0 Å². The minimum atomic E-state index is 0.377. The first-order chi connectivity index (χ1) is 8.56. The molecule has 3 heteroatoms. The molecule has 2 unspecified atom stereocenters. The van der Waals surface area contributed by atoms with Crippen molar-refractivity contribution in [3.05, 3.63) is 0 Å². The van der Waals surface area contributed by atoms with Crippen molar-refractivity contribution in [3.63, 3.8) is 0 Å². The van der Waals surface area contributed by atoms with Crippen LogP contribution in [0.3, 0.4) is 0 Å². The largest absolute Gasteiger partial charge is 0.376 e. The molecule has 1 heterocycles. The Balaban J connectivity index is 2.68. The van der Waals surface area contributed by atoms with Crippen molar-refractivity contribution in [1.82, 2.24) is 4.90 Å². The lowest BCUT2D eigenvalue weighted by atomic mass is 9.80. The minimum Gasteiger partial charge on any atom is -0.376 e. The first-order valence-electron chi connectivity index (χ1n) is 7.53. The molecule has 0 radical (unpaired) electrons. The molecule has 1 aliphatic heterocycles. The Morgan fingerprint density at radius 3 is 2.33 bits per heavy atom. The highest BCUT2D eigenvalue weighted by atomic mass is 32.1. The molecule has 1 rings (SSSR count). The summed E-state index contributed by atoms with van der Waals surface area (Å²) in [4.78, 5) is 2.62. The summed E-state index contributed by atoms with van der Waals surface area (Å²) < 4.78 is 5.73. The fourth-order valence-electron chi connectivity index (χ4n) is 3.17. The normalized spacial score (nSPS) is 26.5. The Bertz CT molecular complexity index is 229. The van der Waals surface area contributed by atoms with Gasteiger partial charge in [0.2, 0.25) is 0 Å². The van der Waals surface area contributed by atoms with Crippen LogP contribution in [0.1, 0.15) is 53.4 Å². The molecular formula is C15H31NOS. The summed E-state index contributed by atoms with van der Waals surface area (Å²) in [6.07, 6.45) is 5.48. The van der Waals surface area contributed by atoms with Crippen molar-refractivity contribution in [2.24, 2.45) is 5.41 Å². The molecule has 1 aliphatic rings. The molecule has 2 nitrogen and oxygen atoms in total. The van der Waals surface area contributed by atoms with Crippen LogP contribution in [-0.4, -0.2) is 42.5 Å². The number of nitrogens with zero attached hydrogens (tertiary/aromatic N) is 1. The summed E-state index contributed by atoms with van der Waals surface area (Å²) in [5.74, 6) is 1.01. The van der Waals surface area contributed by atoms with Crippen LogP contribution in [0.15, 0.2) is 0 Å². The zero-order valence-corrected chi connectivity index (χ0v) is 13.5. The van der Waals surface area contributed by atoms with Crippen molar-refractivity contribution in [2.75, 3.05) is 25.4 Å². The second-order valence-electron chi connectivity index (χ2n) is 6.08. The number of morpholine rings is 1. The fraction of sp³-hybridized carbons (Fsp3) is 1.00. The van der Waals surface area contributed by atoms with E-state index < -0.39 is 0 Å². The highest BCUT2D eigenvalue weighted by Gasteiger charge is 2.33. The van der Waals surface area contributed by atoms with Crippen LogP contribution in [0.2, 0.25) is 0 Å². The Kier molecular flexibility index (Phi) is 7.04. The Morgan fingerprint density at radius 1 is 1.22 bits per heavy atom. The molecule has 0 N–H and O–H groups in total. The highest BCUT2D eigenvalue weighted by molar-refractivity contribution is 7.80. The van der Waals surface area contributed by atoms with E-state index >= 15 is 0 Å². The molecule has 0 aliphatic carbocycles. The van der Waals surface area contributed by atoms with Crippen LogP contribution in [0, 0.1) is 5.41 Å². The lowest BCUT2D eigenvalue weighted by molar-refractivity contribution is -0.0627. The summed E-state index contributed by atoms with van der Waals surface area (Å²) >= 11 is 4.66. The molecule has 0 bridgehead atoms. The molecule has 0 aromatic heterocycles. The van der Waals surface area contributed by atoms with E-state index in [9.17, 15) is 0 Å². The molecule has 0 aromatic carbocycles. The van der Waals surface area contributed by atoms with E-state index in [2.05, 4.69) is 45.2 Å². The predicted octanol–water partition coefficient (Wildman–Crippen LogP) is 3.61. The van der Waals surface area contributed by atoms with Gasteiger partial charge in [0, 0.05) is 19.1 Å². The second kappa shape index (κ2) is 7.76. The van der Waals surface area contributed by atoms with Gasteiger partial charge in [-0.05, 0) is 37.9 Å². The van der Waals surface area contributed by atoms with Crippen LogP contribution >= 0.6 is 12.6 Å². The van der Waals surface area contributed by atoms with Gasteiger partial charge in [-0.2, -0.15) is 12.6 Å². The van der Waals surface area contributed by atoms with Crippen molar-refractivity contribution >= 4 is 12.6 Å². The smallest absolute Gasteiger partial charge is 0.0674 e. The Morgan fingerprint density at radius 2 is 1.83 bits per heavy atom. The van der Waals surface area contributed by atoms with E-state index in [0.29, 0.717) is 17.6 Å². The van der Waals surface area contributed by atoms with Gasteiger partial charge in [-0.15, -0.1) is 0 Å². The summed E-state index contributed by atoms with van der Waals surface area (Å²) in [5.41, 5.74) is 0.401. The van der Waals surface area contributed by atoms with Crippen LogP contribution < -0.4 is 0 Å². The van der Waals surface area contributed by atoms with Crippen molar-refractivity contribution in [2.45, 2.75) is 65.5 Å². The SMILES string of the molecule is CCCC(CS)(CCC)CN1CC(C)OCC1C. The van der Waals surface area contributed by atoms with Crippen LogP contribution in [0.25, 0.3) is 0 Å². The van der Waals surface area contributed by atoms with Crippen LogP contribution in [0.5, 0.6) is 0 Å². The van der Waals surface area contributed by atoms with Gasteiger partial charge < -0.3 is 4.74 Å². The monoisotopic (exact) mass is 273 g/mol. The summed E-state index contributed by atoms with van der Waals surface area (Å²) in [6.45, 7) is 12.2. The topological polar surface area (TPSA) is 12.5 Å². The zero-order valence-electron chi connectivity index (χ0n) is 12.6. The number of hydrogen-bond acceptors (Lipinski definition) is 3. The van der Waals surface area contributed by atoms with Gasteiger partial charge in [0.1, 0.15) is 0 Å². The van der Waals surface area contributed by atoms with Gasteiger partial charge in [0.25, 0.3) is 0 Å². The number of hydrogen-bond donors (Lipinski definition) is 1. The molecule has 1 fully saturated rings. The van der Waals surface area contributed by atoms with Gasteiger partial charge in [0.15, 0.2) is 0 Å². The van der Waals surface area contributed by atoms with E-state index in [1.807, 2.05) is 0 Å². The van der Waals surface area contributed by atoms with Gasteiger partial charge in [-0.1, -0.05) is 26.7 Å². The average molecular weight is 273 g/mol. The maximum atomic E-state index is 5.73. The third kappa shape index (κ3) is 4.43. The first kappa shape index (κ1) is 16.3. The molecule has 0 amide bonds. The second-order valence-corrected chi connectivity index (χ2v) is 6.40. The molecule has 0 spiro atoms. The lowest BCUT2D eigenvalue weighted by Gasteiger charge is -2.43. The summed E-state index contributed by atoms with van der Waals surface area (Å²) in [5, 5.41) is 0. The highest BCUT2D eigenvalue weighted by Crippen LogP contribution is 2.33. The van der Waals surface area contributed by atoms with Gasteiger partial charge in [0.05, 0.1) is 12.7 Å². The van der Waals surface area contributed by atoms with Crippen molar-refractivity contribution in [1.29, 1.82) is 0 Å². The quantitative estimate of drug-likeness (QED) is 0.711. The number of rotatable bonds is 7. The average Bonchev–Trinajstić information content (AvgIpc) is 2.34. The van der Waals surface area contributed by atoms with Crippen LogP contribution in [0.4, 0.5) is 0 Å². The molecule has 1 saturated heterocycles. The van der Waals surface area contributed by atoms with E-state index in [1.54, 1.807) is 0 Å². The number of ether oxygens (including phenoxy) is 1. The third-order valence-corrected chi connectivity index (χ3v) is 4.84. The fourth-order valence-corrected chi connectivity index (χ4v) is 3.59. The first-order valence-corrected chi connectivity index (χ1v) is 8.16. The maximum absolute atomic E-state index is 5.73. The van der Waals surface area contributed by atoms with Crippen molar-refractivity contribution in [3.8, 4) is 0 Å². The predicted molar refractivity (Wildman–Crippen MR) is 82.6 cm³/mol. The summed E-state index contributed by atoms with van der Waals surface area (Å²) in [6, 6.07) is 0.550. The Labute approximate surface area is 119 Å². The lowest BCUT2D eigenvalue weighted by Crippen LogP contribution is -2.52. The molecule has 108 valence electrons. The van der Waals surface area contributed by atoms with Crippen LogP contribution in [-0.2, 0) is 4.74 Å². The van der Waals surface area contributed by atoms with Gasteiger partial charge >= 0.3 is 0 Å². The van der Waals surface area contributed by atoms with Gasteiger partial charge in [-0.25, -0.2) is 0 Å². The van der Waals surface area contributed by atoms with Crippen molar-refractivity contribution < 1.29 is 4.74 Å². The molecule has 0 aromatic rings. The minimum absolute atomic E-state index is 0.377. The Hall–Kier alpha value is 0.270. The number of thiol groups is 1. The standard InChI is InChI=1S/C15H31NOS/c1-5-7-15(12-18,8-6-2)11-16-9-14(4)17-10-13(16)3/h13-14,18H,5-12H2,1-4H3. The van der Waals surface area contributed by atoms with Gasteiger partial charge in [-0.3, -0.25) is 4.90 Å². The third-order valence-electron chi connectivity index (χ3n) is 4.17. The maximum Gasteiger partial charge on any atom is 0.0674 e. The zero-order chi connectivity index (χ0) is 13.6. The molecule has 2 atom stereocenters. The molecule has 18 heavy (non-hydrogen) atoms. The molecular weight excluding hydrogens is 242 g/mol. The van der Waals surface area contributed by atoms with E-state index in [4.69, 9.17) is 4.74 Å².